The lowest BCUT2D eigenvalue weighted by atomic mass is 10.2. The highest BCUT2D eigenvalue weighted by Crippen LogP contribution is 2.36. The van der Waals surface area contributed by atoms with Crippen molar-refractivity contribution in [3.05, 3.63) is 22.7 Å². The van der Waals surface area contributed by atoms with E-state index in [9.17, 15) is 0 Å². The fraction of sp³-hybridized carbons (Fsp3) is 0.667. The Labute approximate surface area is 104 Å². The van der Waals surface area contributed by atoms with Crippen molar-refractivity contribution in [1.29, 1.82) is 0 Å². The lowest BCUT2D eigenvalue weighted by Gasteiger charge is -2.35. The van der Waals surface area contributed by atoms with Gasteiger partial charge in [0, 0.05) is 0 Å². The van der Waals surface area contributed by atoms with Crippen LogP contribution in [0.1, 0.15) is 27.7 Å². The van der Waals surface area contributed by atoms with Crippen LogP contribution >= 0.6 is 15.9 Å². The Hall–Kier alpha value is 0.137. The zero-order valence-corrected chi connectivity index (χ0v) is 13.3. The van der Waals surface area contributed by atoms with Gasteiger partial charge < -0.3 is 4.43 Å². The standard InChI is InChI=1S/C12H23BrOSi/c1-11(10-13)8-7-9-14-15(5,6)12(2,3)4/h7-8,10H,9H2,1-6H3/b8-7+,11-10+. The van der Waals surface area contributed by atoms with Gasteiger partial charge >= 0.3 is 0 Å². The fourth-order valence-corrected chi connectivity index (χ4v) is 1.84. The van der Waals surface area contributed by atoms with E-state index in [1.165, 1.54) is 5.57 Å². The van der Waals surface area contributed by atoms with Crippen LogP contribution in [0.5, 0.6) is 0 Å². The van der Waals surface area contributed by atoms with Gasteiger partial charge in [0.1, 0.15) is 0 Å². The van der Waals surface area contributed by atoms with Gasteiger partial charge in [0.15, 0.2) is 8.32 Å². The molecule has 0 unspecified atom stereocenters. The summed E-state index contributed by atoms with van der Waals surface area (Å²) in [5, 5.41) is 0.293. The molecule has 0 aromatic rings. The van der Waals surface area contributed by atoms with Crippen molar-refractivity contribution in [3.8, 4) is 0 Å². The zero-order chi connectivity index (χ0) is 12.1. The Morgan fingerprint density at radius 1 is 1.33 bits per heavy atom. The van der Waals surface area contributed by atoms with Crippen molar-refractivity contribution < 1.29 is 4.43 Å². The average Bonchev–Trinajstić information content (AvgIpc) is 2.10. The van der Waals surface area contributed by atoms with Gasteiger partial charge in [-0.15, -0.1) is 0 Å². The smallest absolute Gasteiger partial charge is 0.192 e. The molecule has 3 heteroatoms. The molecule has 0 aliphatic rings. The summed E-state index contributed by atoms with van der Waals surface area (Å²) in [6.45, 7) is 14.1. The minimum Gasteiger partial charge on any atom is -0.413 e. The normalized spacial score (nSPS) is 15.0. The Bertz CT molecular complexity index is 249. The molecule has 0 atom stereocenters. The highest BCUT2D eigenvalue weighted by molar-refractivity contribution is 9.11. The number of hydrogen-bond donors (Lipinski definition) is 0. The van der Waals surface area contributed by atoms with Crippen LogP contribution in [0.25, 0.3) is 0 Å². The highest BCUT2D eigenvalue weighted by atomic mass is 79.9. The van der Waals surface area contributed by atoms with Crippen molar-refractivity contribution in [2.24, 2.45) is 0 Å². The zero-order valence-electron chi connectivity index (χ0n) is 10.7. The fourth-order valence-electron chi connectivity index (χ4n) is 0.743. The third kappa shape index (κ3) is 5.69. The van der Waals surface area contributed by atoms with Gasteiger partial charge in [-0.05, 0) is 35.6 Å². The molecule has 0 saturated carbocycles. The molecule has 0 aliphatic heterocycles. The van der Waals surface area contributed by atoms with E-state index in [1.54, 1.807) is 0 Å². The van der Waals surface area contributed by atoms with E-state index in [2.05, 4.69) is 68.9 Å². The number of rotatable bonds is 4. The summed E-state index contributed by atoms with van der Waals surface area (Å²) < 4.78 is 6.00. The molecule has 0 bridgehead atoms. The second-order valence-electron chi connectivity index (χ2n) is 5.33. The van der Waals surface area contributed by atoms with Gasteiger partial charge in [-0.1, -0.05) is 48.9 Å². The maximum atomic E-state index is 6.00. The molecule has 1 nitrogen and oxygen atoms in total. The van der Waals surface area contributed by atoms with Crippen LogP contribution in [0.4, 0.5) is 0 Å². The van der Waals surface area contributed by atoms with Crippen molar-refractivity contribution in [3.63, 3.8) is 0 Å². The molecule has 0 aromatic carbocycles. The summed E-state index contributed by atoms with van der Waals surface area (Å²) >= 11 is 3.29. The summed E-state index contributed by atoms with van der Waals surface area (Å²) in [6, 6.07) is 0. The molecule has 0 aromatic heterocycles. The third-order valence-corrected chi connectivity index (χ3v) is 8.12. The first-order valence-corrected chi connectivity index (χ1v) is 9.10. The van der Waals surface area contributed by atoms with Crippen LogP contribution < -0.4 is 0 Å². The van der Waals surface area contributed by atoms with Gasteiger partial charge in [-0.3, -0.25) is 0 Å². The first-order valence-electron chi connectivity index (χ1n) is 5.28. The van der Waals surface area contributed by atoms with E-state index in [0.717, 1.165) is 0 Å². The molecule has 0 saturated heterocycles. The van der Waals surface area contributed by atoms with Crippen molar-refractivity contribution >= 4 is 24.2 Å². The predicted molar refractivity (Wildman–Crippen MR) is 75.0 cm³/mol. The van der Waals surface area contributed by atoms with Crippen LogP contribution in [0.3, 0.4) is 0 Å². The second-order valence-corrected chi connectivity index (χ2v) is 10.6. The molecular weight excluding hydrogens is 268 g/mol. The van der Waals surface area contributed by atoms with Gasteiger partial charge in [-0.2, -0.15) is 0 Å². The molecule has 88 valence electrons. The highest BCUT2D eigenvalue weighted by Gasteiger charge is 2.36. The van der Waals surface area contributed by atoms with Crippen LogP contribution in [0.15, 0.2) is 22.7 Å². The monoisotopic (exact) mass is 290 g/mol. The third-order valence-electron chi connectivity index (χ3n) is 2.90. The molecule has 0 radical (unpaired) electrons. The van der Waals surface area contributed by atoms with Crippen molar-refractivity contribution in [1.82, 2.24) is 0 Å². The molecule has 0 heterocycles. The van der Waals surface area contributed by atoms with Crippen LogP contribution in [-0.4, -0.2) is 14.9 Å². The molecule has 0 aliphatic carbocycles. The lowest BCUT2D eigenvalue weighted by Crippen LogP contribution is -2.40. The summed E-state index contributed by atoms with van der Waals surface area (Å²) in [5.74, 6) is 0. The van der Waals surface area contributed by atoms with E-state index < -0.39 is 8.32 Å². The first-order chi connectivity index (χ1) is 6.70. The quantitative estimate of drug-likeness (QED) is 0.531. The Morgan fingerprint density at radius 2 is 1.87 bits per heavy atom. The first kappa shape index (κ1) is 15.1. The minimum atomic E-state index is -1.57. The van der Waals surface area contributed by atoms with E-state index in [1.807, 2.05) is 4.99 Å². The average molecular weight is 291 g/mol. The van der Waals surface area contributed by atoms with E-state index in [4.69, 9.17) is 4.43 Å². The maximum Gasteiger partial charge on any atom is 0.192 e. The lowest BCUT2D eigenvalue weighted by molar-refractivity contribution is 0.328. The Balaban J connectivity index is 4.13. The number of allylic oxidation sites excluding steroid dienone is 2. The van der Waals surface area contributed by atoms with Crippen molar-refractivity contribution in [2.45, 2.75) is 45.8 Å². The van der Waals surface area contributed by atoms with Crippen molar-refractivity contribution in [2.75, 3.05) is 6.61 Å². The molecule has 0 N–H and O–H groups in total. The largest absolute Gasteiger partial charge is 0.413 e. The van der Waals surface area contributed by atoms with E-state index in [0.29, 0.717) is 11.6 Å². The van der Waals surface area contributed by atoms with Crippen LogP contribution in [0.2, 0.25) is 18.1 Å². The summed E-state index contributed by atoms with van der Waals surface area (Å²) in [7, 11) is -1.57. The Morgan fingerprint density at radius 3 is 2.27 bits per heavy atom. The molecule has 0 rings (SSSR count). The summed E-state index contributed by atoms with van der Waals surface area (Å²) in [5.41, 5.74) is 1.20. The van der Waals surface area contributed by atoms with Crippen LogP contribution in [-0.2, 0) is 4.43 Å². The molecule has 0 fully saturated rings. The van der Waals surface area contributed by atoms with Gasteiger partial charge in [0.25, 0.3) is 0 Å². The molecule has 15 heavy (non-hydrogen) atoms. The van der Waals surface area contributed by atoms with Gasteiger partial charge in [0.05, 0.1) is 6.61 Å². The second kappa shape index (κ2) is 6.02. The topological polar surface area (TPSA) is 9.23 Å². The summed E-state index contributed by atoms with van der Waals surface area (Å²) in [6.07, 6.45) is 4.15. The summed E-state index contributed by atoms with van der Waals surface area (Å²) in [4.78, 5) is 1.91. The van der Waals surface area contributed by atoms with Gasteiger partial charge in [0.2, 0.25) is 0 Å². The van der Waals surface area contributed by atoms with E-state index in [-0.39, 0.29) is 0 Å². The minimum absolute atomic E-state index is 0.293. The molecule has 0 spiro atoms. The maximum absolute atomic E-state index is 6.00. The molecular formula is C12H23BrOSi. The number of halogens is 1. The SMILES string of the molecule is CC(/C=C/CO[Si](C)(C)C(C)(C)C)=C\Br. The number of hydrogen-bond acceptors (Lipinski definition) is 1. The predicted octanol–water partition coefficient (Wildman–Crippen LogP) is 4.86. The van der Waals surface area contributed by atoms with Crippen LogP contribution in [0, 0.1) is 0 Å². The van der Waals surface area contributed by atoms with E-state index >= 15 is 0 Å². The molecule has 0 amide bonds. The Kier molecular flexibility index (Phi) is 6.07. The van der Waals surface area contributed by atoms with Gasteiger partial charge in [-0.25, -0.2) is 0 Å².